The van der Waals surface area contributed by atoms with Gasteiger partial charge in [0.15, 0.2) is 0 Å². The monoisotopic (exact) mass is 440 g/mol. The van der Waals surface area contributed by atoms with Crippen LogP contribution < -0.4 is 0 Å². The third-order valence-electron chi connectivity index (χ3n) is 6.32. The molecule has 0 spiro atoms. The summed E-state index contributed by atoms with van der Waals surface area (Å²) in [5.74, 6) is 0.0351. The fourth-order valence-electron chi connectivity index (χ4n) is 4.58. The highest BCUT2D eigenvalue weighted by Crippen LogP contribution is 2.24. The van der Waals surface area contributed by atoms with Gasteiger partial charge in [-0.3, -0.25) is 14.6 Å². The molecule has 0 aliphatic carbocycles. The standard InChI is InChI=1S/C23H25ClN4O3/c24-17-7-5-16(6-8-17)13-26-9-11-27(12-10-26)20-14-28(15-21(20)29)23(30)22-18-3-1-2-4-19(18)25-31-22/h1-8,20-21,29H,9-15H2/t20-,21-/m1/s1. The maximum absolute atomic E-state index is 13.0. The van der Waals surface area contributed by atoms with Crippen LogP contribution in [-0.4, -0.2) is 82.3 Å². The zero-order valence-corrected chi connectivity index (χ0v) is 17.9. The predicted octanol–water partition coefficient (Wildman–Crippen LogP) is 2.48. The maximum atomic E-state index is 13.0. The van der Waals surface area contributed by atoms with Crippen LogP contribution in [-0.2, 0) is 6.54 Å². The van der Waals surface area contributed by atoms with Gasteiger partial charge in [-0.15, -0.1) is 0 Å². The van der Waals surface area contributed by atoms with Crippen LogP contribution in [0.2, 0.25) is 5.02 Å². The van der Waals surface area contributed by atoms with Gasteiger partial charge in [0.05, 0.1) is 17.5 Å². The van der Waals surface area contributed by atoms with E-state index >= 15 is 0 Å². The van der Waals surface area contributed by atoms with E-state index in [2.05, 4.69) is 27.1 Å². The molecule has 2 aliphatic heterocycles. The van der Waals surface area contributed by atoms with Crippen molar-refractivity contribution in [3.8, 4) is 0 Å². The SMILES string of the molecule is O=C(c1onc2ccccc12)N1C[C@@H](O)[C@H](N2CCN(Cc3ccc(Cl)cc3)CC2)C1. The number of rotatable bonds is 4. The molecule has 1 aromatic heterocycles. The van der Waals surface area contributed by atoms with Crippen molar-refractivity contribution < 1.29 is 14.4 Å². The Morgan fingerprint density at radius 2 is 1.81 bits per heavy atom. The molecule has 31 heavy (non-hydrogen) atoms. The molecule has 2 atom stereocenters. The zero-order chi connectivity index (χ0) is 21.4. The Bertz CT molecular complexity index is 1060. The van der Waals surface area contributed by atoms with Crippen LogP contribution in [0.1, 0.15) is 16.1 Å². The minimum Gasteiger partial charge on any atom is -0.390 e. The molecule has 0 unspecified atom stereocenters. The molecule has 7 nitrogen and oxygen atoms in total. The van der Waals surface area contributed by atoms with Gasteiger partial charge in [0.2, 0.25) is 5.76 Å². The molecule has 3 aromatic rings. The molecule has 2 saturated heterocycles. The van der Waals surface area contributed by atoms with Crippen molar-refractivity contribution in [3.05, 3.63) is 64.9 Å². The number of aliphatic hydroxyl groups excluding tert-OH is 1. The number of likely N-dealkylation sites (tertiary alicyclic amines) is 1. The van der Waals surface area contributed by atoms with Crippen molar-refractivity contribution in [2.75, 3.05) is 39.3 Å². The van der Waals surface area contributed by atoms with E-state index in [0.717, 1.165) is 37.7 Å². The van der Waals surface area contributed by atoms with Gasteiger partial charge >= 0.3 is 0 Å². The minimum atomic E-state index is -0.569. The summed E-state index contributed by atoms with van der Waals surface area (Å²) in [7, 11) is 0. The Morgan fingerprint density at radius 1 is 1.06 bits per heavy atom. The number of β-amino-alcohol motifs (C(OH)–C–C–N with tert-alkyl or cyclic N) is 1. The number of halogens is 1. The number of fused-ring (bicyclic) bond motifs is 1. The molecular formula is C23H25ClN4O3. The summed E-state index contributed by atoms with van der Waals surface area (Å²) in [5.41, 5.74) is 1.91. The summed E-state index contributed by atoms with van der Waals surface area (Å²) in [6.07, 6.45) is -0.569. The highest BCUT2D eigenvalue weighted by molar-refractivity contribution is 6.30. The Morgan fingerprint density at radius 3 is 2.58 bits per heavy atom. The van der Waals surface area contributed by atoms with Gasteiger partial charge in [0, 0.05) is 50.8 Å². The number of hydrogen-bond donors (Lipinski definition) is 1. The minimum absolute atomic E-state index is 0.0594. The van der Waals surface area contributed by atoms with E-state index in [9.17, 15) is 9.90 Å². The average Bonchev–Trinajstić information content (AvgIpc) is 3.39. The number of amides is 1. The van der Waals surface area contributed by atoms with Gasteiger partial charge in [-0.2, -0.15) is 0 Å². The van der Waals surface area contributed by atoms with Crippen molar-refractivity contribution in [1.82, 2.24) is 19.9 Å². The fraction of sp³-hybridized carbons (Fsp3) is 0.391. The summed E-state index contributed by atoms with van der Waals surface area (Å²) >= 11 is 5.97. The Balaban J connectivity index is 1.19. The average molecular weight is 441 g/mol. The first-order valence-electron chi connectivity index (χ1n) is 10.6. The van der Waals surface area contributed by atoms with Crippen LogP contribution >= 0.6 is 11.6 Å². The number of aliphatic hydroxyl groups is 1. The quantitative estimate of drug-likeness (QED) is 0.672. The van der Waals surface area contributed by atoms with E-state index in [-0.39, 0.29) is 17.7 Å². The van der Waals surface area contributed by atoms with Crippen molar-refractivity contribution in [3.63, 3.8) is 0 Å². The van der Waals surface area contributed by atoms with Crippen LogP contribution in [0.25, 0.3) is 10.9 Å². The van der Waals surface area contributed by atoms with Crippen LogP contribution in [0.3, 0.4) is 0 Å². The molecule has 2 aliphatic rings. The molecule has 162 valence electrons. The molecule has 2 aromatic carbocycles. The van der Waals surface area contributed by atoms with E-state index in [0.29, 0.717) is 24.0 Å². The molecule has 5 rings (SSSR count). The van der Waals surface area contributed by atoms with E-state index < -0.39 is 6.10 Å². The Kier molecular flexibility index (Phi) is 5.67. The lowest BCUT2D eigenvalue weighted by Crippen LogP contribution is -2.53. The normalized spacial score (nSPS) is 23.0. The molecule has 1 N–H and O–H groups in total. The number of carbonyl (C=O) groups excluding carboxylic acids is 1. The molecular weight excluding hydrogens is 416 g/mol. The first-order valence-corrected chi connectivity index (χ1v) is 11.0. The molecule has 0 saturated carbocycles. The second-order valence-corrected chi connectivity index (χ2v) is 8.75. The summed E-state index contributed by atoms with van der Waals surface area (Å²) < 4.78 is 5.33. The van der Waals surface area contributed by atoms with Gasteiger partial charge in [-0.05, 0) is 29.8 Å². The highest BCUT2D eigenvalue weighted by atomic mass is 35.5. The fourth-order valence-corrected chi connectivity index (χ4v) is 4.71. The van der Waals surface area contributed by atoms with Gasteiger partial charge in [0.25, 0.3) is 5.91 Å². The molecule has 0 bridgehead atoms. The number of carbonyl (C=O) groups is 1. The molecule has 1 amide bonds. The lowest BCUT2D eigenvalue weighted by Gasteiger charge is -2.38. The van der Waals surface area contributed by atoms with Gasteiger partial charge in [-0.1, -0.05) is 41.0 Å². The van der Waals surface area contributed by atoms with E-state index in [4.69, 9.17) is 16.1 Å². The van der Waals surface area contributed by atoms with Crippen LogP contribution in [0.5, 0.6) is 0 Å². The third-order valence-corrected chi connectivity index (χ3v) is 6.57. The smallest absolute Gasteiger partial charge is 0.293 e. The number of benzene rings is 2. The van der Waals surface area contributed by atoms with Crippen LogP contribution in [0, 0.1) is 0 Å². The Hall–Kier alpha value is -2.45. The molecule has 2 fully saturated rings. The summed E-state index contributed by atoms with van der Waals surface area (Å²) in [5, 5.41) is 16.1. The Labute approximate surface area is 185 Å². The van der Waals surface area contributed by atoms with Gasteiger partial charge < -0.3 is 14.5 Å². The number of piperazine rings is 1. The van der Waals surface area contributed by atoms with E-state index in [1.807, 2.05) is 36.4 Å². The van der Waals surface area contributed by atoms with E-state index in [1.54, 1.807) is 4.90 Å². The van der Waals surface area contributed by atoms with Crippen molar-refractivity contribution >= 4 is 28.4 Å². The molecule has 8 heteroatoms. The van der Waals surface area contributed by atoms with E-state index in [1.165, 1.54) is 5.56 Å². The summed E-state index contributed by atoms with van der Waals surface area (Å²) in [6.45, 7) is 5.27. The first kappa shape index (κ1) is 20.5. The lowest BCUT2D eigenvalue weighted by molar-refractivity contribution is 0.0423. The topological polar surface area (TPSA) is 73.0 Å². The van der Waals surface area contributed by atoms with Crippen LogP contribution in [0.4, 0.5) is 0 Å². The van der Waals surface area contributed by atoms with Crippen molar-refractivity contribution in [1.29, 1.82) is 0 Å². The first-order chi connectivity index (χ1) is 15.1. The molecule has 3 heterocycles. The lowest BCUT2D eigenvalue weighted by atomic mass is 10.1. The van der Waals surface area contributed by atoms with Crippen molar-refractivity contribution in [2.24, 2.45) is 0 Å². The second kappa shape index (κ2) is 8.59. The molecule has 0 radical (unpaired) electrons. The number of nitrogens with zero attached hydrogens (tertiary/aromatic N) is 4. The van der Waals surface area contributed by atoms with Gasteiger partial charge in [-0.25, -0.2) is 0 Å². The number of aromatic nitrogens is 1. The third kappa shape index (κ3) is 4.19. The summed E-state index contributed by atoms with van der Waals surface area (Å²) in [6, 6.07) is 15.3. The largest absolute Gasteiger partial charge is 0.390 e. The van der Waals surface area contributed by atoms with Crippen molar-refractivity contribution in [2.45, 2.75) is 18.7 Å². The summed E-state index contributed by atoms with van der Waals surface area (Å²) in [4.78, 5) is 19.4. The predicted molar refractivity (Wildman–Crippen MR) is 118 cm³/mol. The maximum Gasteiger partial charge on any atom is 0.293 e. The second-order valence-electron chi connectivity index (χ2n) is 8.31. The van der Waals surface area contributed by atoms with Gasteiger partial charge in [0.1, 0.15) is 5.52 Å². The van der Waals surface area contributed by atoms with Crippen LogP contribution in [0.15, 0.2) is 53.1 Å². The zero-order valence-electron chi connectivity index (χ0n) is 17.2. The number of hydrogen-bond acceptors (Lipinski definition) is 6. The highest BCUT2D eigenvalue weighted by Gasteiger charge is 2.40.